The van der Waals surface area contributed by atoms with Crippen LogP contribution in [0.2, 0.25) is 0 Å². The standard InChI is InChI=1S/C15H12F2N2O3S2/c1-23-9-6-7-12(19(21)22)10(8-9)14(20)18-11-4-2-3-5-13(11)24-15(16)17/h2-8,15H,1H3,(H,18,20). The van der Waals surface area contributed by atoms with Gasteiger partial charge >= 0.3 is 0 Å². The second-order valence-corrected chi connectivity index (χ2v) is 6.38. The molecule has 0 fully saturated rings. The lowest BCUT2D eigenvalue weighted by molar-refractivity contribution is -0.385. The smallest absolute Gasteiger partial charge is 0.288 e. The molecule has 0 heterocycles. The van der Waals surface area contributed by atoms with Crippen LogP contribution in [-0.4, -0.2) is 22.8 Å². The van der Waals surface area contributed by atoms with Gasteiger partial charge in [-0.3, -0.25) is 14.9 Å². The molecule has 0 spiro atoms. The molecule has 0 bridgehead atoms. The predicted octanol–water partition coefficient (Wildman–Crippen LogP) is 4.88. The van der Waals surface area contributed by atoms with Crippen molar-refractivity contribution in [3.05, 3.63) is 58.1 Å². The van der Waals surface area contributed by atoms with Crippen LogP contribution < -0.4 is 5.32 Å². The van der Waals surface area contributed by atoms with Crippen molar-refractivity contribution in [3.8, 4) is 0 Å². The third-order valence-electron chi connectivity index (χ3n) is 3.00. The van der Waals surface area contributed by atoms with E-state index in [0.29, 0.717) is 16.7 Å². The van der Waals surface area contributed by atoms with Gasteiger partial charge < -0.3 is 5.32 Å². The lowest BCUT2D eigenvalue weighted by Gasteiger charge is -2.11. The van der Waals surface area contributed by atoms with Crippen LogP contribution in [0.4, 0.5) is 20.2 Å². The van der Waals surface area contributed by atoms with E-state index in [1.807, 2.05) is 0 Å². The van der Waals surface area contributed by atoms with E-state index >= 15 is 0 Å². The van der Waals surface area contributed by atoms with E-state index in [1.165, 1.54) is 36.0 Å². The van der Waals surface area contributed by atoms with E-state index in [9.17, 15) is 23.7 Å². The summed E-state index contributed by atoms with van der Waals surface area (Å²) >= 11 is 1.63. The summed E-state index contributed by atoms with van der Waals surface area (Å²) in [5.41, 5.74) is -0.287. The van der Waals surface area contributed by atoms with Gasteiger partial charge in [0.1, 0.15) is 5.56 Å². The van der Waals surface area contributed by atoms with Crippen molar-refractivity contribution in [1.29, 1.82) is 0 Å². The van der Waals surface area contributed by atoms with Crippen molar-refractivity contribution in [2.45, 2.75) is 15.5 Å². The molecule has 0 saturated heterocycles. The highest BCUT2D eigenvalue weighted by atomic mass is 32.2. The molecular weight excluding hydrogens is 358 g/mol. The molecule has 5 nitrogen and oxygen atoms in total. The Morgan fingerprint density at radius 1 is 1.25 bits per heavy atom. The van der Waals surface area contributed by atoms with Gasteiger partial charge in [0, 0.05) is 15.9 Å². The lowest BCUT2D eigenvalue weighted by Crippen LogP contribution is -2.14. The van der Waals surface area contributed by atoms with Gasteiger partial charge in [-0.1, -0.05) is 23.9 Å². The zero-order chi connectivity index (χ0) is 17.7. The van der Waals surface area contributed by atoms with Crippen LogP contribution in [-0.2, 0) is 0 Å². The van der Waals surface area contributed by atoms with Crippen molar-refractivity contribution in [2.24, 2.45) is 0 Å². The maximum absolute atomic E-state index is 12.6. The molecule has 1 N–H and O–H groups in total. The zero-order valence-corrected chi connectivity index (χ0v) is 14.0. The first kappa shape index (κ1) is 18.2. The molecule has 1 amide bonds. The molecule has 126 valence electrons. The van der Waals surface area contributed by atoms with Crippen molar-refractivity contribution in [3.63, 3.8) is 0 Å². The summed E-state index contributed by atoms with van der Waals surface area (Å²) in [6.07, 6.45) is 1.78. The summed E-state index contributed by atoms with van der Waals surface area (Å²) in [4.78, 5) is 23.7. The van der Waals surface area contributed by atoms with Crippen LogP contribution >= 0.6 is 23.5 Å². The van der Waals surface area contributed by atoms with Gasteiger partial charge in [-0.2, -0.15) is 8.78 Å². The Morgan fingerprint density at radius 3 is 2.58 bits per heavy atom. The minimum absolute atomic E-state index is 0.122. The van der Waals surface area contributed by atoms with Crippen molar-refractivity contribution >= 4 is 40.8 Å². The summed E-state index contributed by atoms with van der Waals surface area (Å²) in [5, 5.41) is 13.6. The van der Waals surface area contributed by atoms with Crippen LogP contribution in [0.25, 0.3) is 0 Å². The normalized spacial score (nSPS) is 10.7. The molecule has 0 radical (unpaired) electrons. The fourth-order valence-electron chi connectivity index (χ4n) is 1.94. The Bertz CT molecular complexity index is 772. The quantitative estimate of drug-likeness (QED) is 0.446. The average molecular weight is 370 g/mol. The number of halogens is 2. The van der Waals surface area contributed by atoms with E-state index in [2.05, 4.69) is 5.32 Å². The van der Waals surface area contributed by atoms with Crippen LogP contribution in [0.15, 0.2) is 52.3 Å². The number of thioether (sulfide) groups is 2. The fourth-order valence-corrected chi connectivity index (χ4v) is 2.98. The van der Waals surface area contributed by atoms with E-state index in [0.717, 1.165) is 0 Å². The van der Waals surface area contributed by atoms with Gasteiger partial charge in [-0.05, 0) is 30.5 Å². The Balaban J connectivity index is 2.35. The van der Waals surface area contributed by atoms with E-state index in [-0.39, 0.29) is 21.8 Å². The number of nitrogens with one attached hydrogen (secondary N) is 1. The highest BCUT2D eigenvalue weighted by molar-refractivity contribution is 7.99. The summed E-state index contributed by atoms with van der Waals surface area (Å²) in [7, 11) is 0. The van der Waals surface area contributed by atoms with Gasteiger partial charge in [0.25, 0.3) is 17.4 Å². The van der Waals surface area contributed by atoms with Crippen LogP contribution in [0.5, 0.6) is 0 Å². The maximum Gasteiger partial charge on any atom is 0.288 e. The Kier molecular flexibility index (Phi) is 6.16. The summed E-state index contributed by atoms with van der Waals surface area (Å²) < 4.78 is 25.2. The lowest BCUT2D eigenvalue weighted by atomic mass is 10.1. The van der Waals surface area contributed by atoms with Gasteiger partial charge in [0.15, 0.2) is 0 Å². The molecule has 2 aromatic rings. The molecule has 9 heteroatoms. The minimum Gasteiger partial charge on any atom is -0.321 e. The van der Waals surface area contributed by atoms with Gasteiger partial charge in [0.2, 0.25) is 0 Å². The van der Waals surface area contributed by atoms with Crippen LogP contribution in [0, 0.1) is 10.1 Å². The Morgan fingerprint density at radius 2 is 1.96 bits per heavy atom. The zero-order valence-electron chi connectivity index (χ0n) is 12.4. The SMILES string of the molecule is CSc1ccc([N+](=O)[O-])c(C(=O)Nc2ccccc2SC(F)F)c1. The van der Waals surface area contributed by atoms with E-state index in [1.54, 1.807) is 24.5 Å². The number of benzene rings is 2. The summed E-state index contributed by atoms with van der Waals surface area (Å²) in [6.45, 7) is 0. The molecule has 0 saturated carbocycles. The van der Waals surface area contributed by atoms with Crippen molar-refractivity contribution in [1.82, 2.24) is 0 Å². The predicted molar refractivity (Wildman–Crippen MR) is 91.1 cm³/mol. The minimum atomic E-state index is -2.64. The second-order valence-electron chi connectivity index (χ2n) is 4.47. The first-order valence-corrected chi connectivity index (χ1v) is 8.70. The number of nitrogens with zero attached hydrogens (tertiary/aromatic N) is 1. The molecule has 2 aromatic carbocycles. The molecular formula is C15H12F2N2O3S2. The number of hydrogen-bond donors (Lipinski definition) is 1. The number of para-hydroxylation sites is 1. The number of amides is 1. The molecule has 24 heavy (non-hydrogen) atoms. The third-order valence-corrected chi connectivity index (χ3v) is 4.51. The van der Waals surface area contributed by atoms with Gasteiger partial charge in [-0.25, -0.2) is 0 Å². The molecule has 0 aliphatic carbocycles. The number of nitro groups is 1. The monoisotopic (exact) mass is 370 g/mol. The summed E-state index contributed by atoms with van der Waals surface area (Å²) in [6, 6.07) is 10.3. The molecule has 2 rings (SSSR count). The molecule has 0 unspecified atom stereocenters. The maximum atomic E-state index is 12.6. The number of carbonyl (C=O) groups is 1. The number of hydrogen-bond acceptors (Lipinski definition) is 5. The second kappa shape index (κ2) is 8.11. The molecule has 0 aliphatic rings. The van der Waals surface area contributed by atoms with E-state index < -0.39 is 16.6 Å². The average Bonchev–Trinajstić information content (AvgIpc) is 2.55. The number of carbonyl (C=O) groups excluding carboxylic acids is 1. The first-order chi connectivity index (χ1) is 11.4. The highest BCUT2D eigenvalue weighted by Crippen LogP contribution is 2.32. The summed E-state index contributed by atoms with van der Waals surface area (Å²) in [5.74, 6) is -3.36. The topological polar surface area (TPSA) is 72.2 Å². The van der Waals surface area contributed by atoms with Crippen molar-refractivity contribution in [2.75, 3.05) is 11.6 Å². The van der Waals surface area contributed by atoms with Crippen LogP contribution in [0.1, 0.15) is 10.4 Å². The Hall–Kier alpha value is -2.13. The number of anilines is 1. The molecule has 0 atom stereocenters. The largest absolute Gasteiger partial charge is 0.321 e. The number of alkyl halides is 2. The van der Waals surface area contributed by atoms with Gasteiger partial charge in [0.05, 0.1) is 10.6 Å². The number of rotatable bonds is 6. The van der Waals surface area contributed by atoms with Gasteiger partial charge in [-0.15, -0.1) is 11.8 Å². The number of nitro benzene ring substituents is 1. The van der Waals surface area contributed by atoms with Crippen LogP contribution in [0.3, 0.4) is 0 Å². The third kappa shape index (κ3) is 4.45. The highest BCUT2D eigenvalue weighted by Gasteiger charge is 2.22. The molecule has 0 aromatic heterocycles. The molecule has 0 aliphatic heterocycles. The first-order valence-electron chi connectivity index (χ1n) is 6.60. The van der Waals surface area contributed by atoms with Crippen molar-refractivity contribution < 1.29 is 18.5 Å². The fraction of sp³-hybridized carbons (Fsp3) is 0.133. The Labute approximate surface area is 145 Å². The van der Waals surface area contributed by atoms with E-state index in [4.69, 9.17) is 0 Å².